The Morgan fingerprint density at radius 1 is 0.323 bits per heavy atom. The van der Waals surface area contributed by atoms with Crippen LogP contribution < -0.4 is 4.90 Å². The highest BCUT2D eigenvalue weighted by molar-refractivity contribution is 6.09. The van der Waals surface area contributed by atoms with E-state index in [0.29, 0.717) is 0 Å². The van der Waals surface area contributed by atoms with E-state index in [1.54, 1.807) is 0 Å². The predicted octanol–water partition coefficient (Wildman–Crippen LogP) is 16.7. The van der Waals surface area contributed by atoms with Gasteiger partial charge >= 0.3 is 0 Å². The molecule has 0 radical (unpaired) electrons. The van der Waals surface area contributed by atoms with Crippen molar-refractivity contribution in [2.24, 2.45) is 0 Å². The van der Waals surface area contributed by atoms with Crippen LogP contribution in [0.1, 0.15) is 49.9 Å². The molecule has 0 unspecified atom stereocenters. The van der Waals surface area contributed by atoms with Gasteiger partial charge in [-0.1, -0.05) is 179 Å². The Balaban J connectivity index is 0.935. The molecule has 2 aliphatic carbocycles. The monoisotopic (exact) mass is 795 g/mol. The van der Waals surface area contributed by atoms with Gasteiger partial charge in [0, 0.05) is 44.2 Å². The topological polar surface area (TPSA) is 16.4 Å². The quantitative estimate of drug-likeness (QED) is 0.167. The van der Waals surface area contributed by atoms with Gasteiger partial charge in [0.15, 0.2) is 0 Å². The number of para-hydroxylation sites is 2. The molecule has 0 amide bonds. The summed E-state index contributed by atoms with van der Waals surface area (Å²) in [4.78, 5) is 2.45. The minimum Gasteiger partial charge on any atom is -0.455 e. The minimum atomic E-state index is -0.176. The van der Waals surface area contributed by atoms with Crippen molar-refractivity contribution in [3.8, 4) is 55.6 Å². The van der Waals surface area contributed by atoms with Crippen molar-refractivity contribution in [3.05, 3.63) is 222 Å². The van der Waals surface area contributed by atoms with E-state index >= 15 is 0 Å². The highest BCUT2D eigenvalue weighted by atomic mass is 16.3. The molecule has 0 saturated heterocycles. The van der Waals surface area contributed by atoms with E-state index < -0.39 is 0 Å². The first-order valence-corrected chi connectivity index (χ1v) is 21.7. The standard InChI is InChI=1S/C60H45NO/c1-59(2)53-19-10-8-15-47(53)49-33-30-44(36-55(49)59)61(45-31-34-50-48-32-27-42(38-13-6-5-7-14-38)35-54(48)60(3,4)56(50)37-45)43-28-25-40(26-29-43)39-21-23-41(24-22-39)46-17-12-18-52-51-16-9-11-20-57(51)62-58(46)52/h5-37H,1-4H3. The Bertz CT molecular complexity index is 3390. The second kappa shape index (κ2) is 13.5. The number of fused-ring (bicyclic) bond motifs is 9. The van der Waals surface area contributed by atoms with Gasteiger partial charge in [0.1, 0.15) is 11.2 Å². The van der Waals surface area contributed by atoms with Crippen LogP contribution in [0.5, 0.6) is 0 Å². The molecule has 2 nitrogen and oxygen atoms in total. The summed E-state index contributed by atoms with van der Waals surface area (Å²) in [5, 5.41) is 2.29. The van der Waals surface area contributed by atoms with Gasteiger partial charge < -0.3 is 9.32 Å². The third-order valence-electron chi connectivity index (χ3n) is 13.9. The van der Waals surface area contributed by atoms with Gasteiger partial charge in [-0.15, -0.1) is 0 Å². The number of rotatable bonds is 6. The van der Waals surface area contributed by atoms with Gasteiger partial charge in [0.05, 0.1) is 0 Å². The fourth-order valence-electron chi connectivity index (χ4n) is 10.6. The third kappa shape index (κ3) is 5.49. The maximum atomic E-state index is 6.38. The van der Waals surface area contributed by atoms with Crippen LogP contribution in [0, 0.1) is 0 Å². The van der Waals surface area contributed by atoms with E-state index in [2.05, 4.69) is 221 Å². The summed E-state index contributed by atoms with van der Waals surface area (Å²) in [7, 11) is 0. The molecule has 0 saturated carbocycles. The fraction of sp³-hybridized carbons (Fsp3) is 0.100. The highest BCUT2D eigenvalue weighted by Crippen LogP contribution is 2.53. The second-order valence-corrected chi connectivity index (χ2v) is 18.1. The van der Waals surface area contributed by atoms with Gasteiger partial charge in [0.2, 0.25) is 0 Å². The lowest BCUT2D eigenvalue weighted by Gasteiger charge is -2.30. The Hall–Kier alpha value is -7.42. The SMILES string of the molecule is CC1(C)c2ccccc2-c2ccc(N(c3ccc(-c4ccc(-c5cccc6c5oc5ccccc56)cc4)cc3)c3ccc4c(c3)C(C)(C)c3cc(-c5ccccc5)ccc3-4)cc21. The summed E-state index contributed by atoms with van der Waals surface area (Å²) in [6.07, 6.45) is 0. The number of furan rings is 1. The second-order valence-electron chi connectivity index (χ2n) is 18.1. The van der Waals surface area contributed by atoms with Gasteiger partial charge in [-0.2, -0.15) is 0 Å². The van der Waals surface area contributed by atoms with Crippen molar-refractivity contribution >= 4 is 39.0 Å². The molecule has 0 N–H and O–H groups in total. The molecule has 1 heterocycles. The molecule has 0 bridgehead atoms. The molecule has 10 aromatic rings. The molecule has 0 spiro atoms. The van der Waals surface area contributed by atoms with Gasteiger partial charge in [-0.25, -0.2) is 0 Å². The van der Waals surface area contributed by atoms with E-state index in [-0.39, 0.29) is 10.8 Å². The van der Waals surface area contributed by atoms with Crippen LogP contribution in [0.15, 0.2) is 205 Å². The van der Waals surface area contributed by atoms with Gasteiger partial charge in [-0.3, -0.25) is 0 Å². The molecule has 0 atom stereocenters. The first-order chi connectivity index (χ1) is 30.2. The molecule has 9 aromatic carbocycles. The van der Waals surface area contributed by atoms with Crippen molar-refractivity contribution in [1.82, 2.24) is 0 Å². The third-order valence-corrected chi connectivity index (χ3v) is 13.9. The molecule has 62 heavy (non-hydrogen) atoms. The summed E-state index contributed by atoms with van der Waals surface area (Å²) in [5.41, 5.74) is 22.8. The summed E-state index contributed by atoms with van der Waals surface area (Å²) in [5.74, 6) is 0. The Morgan fingerprint density at radius 3 is 1.50 bits per heavy atom. The van der Waals surface area contributed by atoms with E-state index in [9.17, 15) is 0 Å². The number of anilines is 3. The zero-order valence-corrected chi connectivity index (χ0v) is 35.4. The number of benzene rings is 9. The largest absolute Gasteiger partial charge is 0.455 e. The average Bonchev–Trinajstić information content (AvgIpc) is 3.89. The molecular formula is C60H45NO. The summed E-state index contributed by atoms with van der Waals surface area (Å²) >= 11 is 0. The molecule has 0 aliphatic heterocycles. The number of hydrogen-bond donors (Lipinski definition) is 0. The summed E-state index contributed by atoms with van der Waals surface area (Å²) < 4.78 is 6.38. The summed E-state index contributed by atoms with van der Waals surface area (Å²) in [6.45, 7) is 9.49. The number of hydrogen-bond acceptors (Lipinski definition) is 2. The first-order valence-electron chi connectivity index (χ1n) is 21.7. The van der Waals surface area contributed by atoms with Gasteiger partial charge in [0.25, 0.3) is 0 Å². The van der Waals surface area contributed by atoms with Crippen LogP contribution in [0.4, 0.5) is 17.1 Å². The number of nitrogens with zero attached hydrogens (tertiary/aromatic N) is 1. The minimum absolute atomic E-state index is 0.113. The molecule has 296 valence electrons. The lowest BCUT2D eigenvalue weighted by Crippen LogP contribution is -2.18. The van der Waals surface area contributed by atoms with Crippen molar-refractivity contribution in [3.63, 3.8) is 0 Å². The Labute approximate surface area is 363 Å². The highest BCUT2D eigenvalue weighted by Gasteiger charge is 2.38. The maximum absolute atomic E-state index is 6.38. The molecule has 12 rings (SSSR count). The molecular weight excluding hydrogens is 751 g/mol. The van der Waals surface area contributed by atoms with E-state index in [1.807, 2.05) is 12.1 Å². The Kier molecular flexibility index (Phi) is 7.96. The Morgan fingerprint density at radius 2 is 0.790 bits per heavy atom. The van der Waals surface area contributed by atoms with Crippen molar-refractivity contribution < 1.29 is 4.42 Å². The normalized spacial score (nSPS) is 14.1. The van der Waals surface area contributed by atoms with Crippen LogP contribution in [0.2, 0.25) is 0 Å². The van der Waals surface area contributed by atoms with E-state index in [4.69, 9.17) is 4.42 Å². The lowest BCUT2D eigenvalue weighted by atomic mass is 9.81. The van der Waals surface area contributed by atoms with Crippen LogP contribution in [-0.4, -0.2) is 0 Å². The van der Waals surface area contributed by atoms with Gasteiger partial charge in [-0.05, 0) is 121 Å². The zero-order chi connectivity index (χ0) is 41.7. The van der Waals surface area contributed by atoms with Crippen molar-refractivity contribution in [2.75, 3.05) is 4.90 Å². The fourth-order valence-corrected chi connectivity index (χ4v) is 10.6. The van der Waals surface area contributed by atoms with Crippen LogP contribution >= 0.6 is 0 Å². The molecule has 2 heteroatoms. The predicted molar refractivity (Wildman–Crippen MR) is 260 cm³/mol. The van der Waals surface area contributed by atoms with Crippen LogP contribution in [0.25, 0.3) is 77.6 Å². The smallest absolute Gasteiger partial charge is 0.143 e. The van der Waals surface area contributed by atoms with Crippen LogP contribution in [-0.2, 0) is 10.8 Å². The van der Waals surface area contributed by atoms with E-state index in [0.717, 1.165) is 50.1 Å². The van der Waals surface area contributed by atoms with Crippen molar-refractivity contribution in [1.29, 1.82) is 0 Å². The first kappa shape index (κ1) is 36.4. The maximum Gasteiger partial charge on any atom is 0.143 e. The lowest BCUT2D eigenvalue weighted by molar-refractivity contribution is 0.660. The van der Waals surface area contributed by atoms with Crippen molar-refractivity contribution in [2.45, 2.75) is 38.5 Å². The summed E-state index contributed by atoms with van der Waals surface area (Å²) in [6, 6.07) is 73.5. The van der Waals surface area contributed by atoms with E-state index in [1.165, 1.54) is 66.8 Å². The molecule has 1 aromatic heterocycles. The zero-order valence-electron chi connectivity index (χ0n) is 35.4. The molecule has 0 fully saturated rings. The van der Waals surface area contributed by atoms with Crippen LogP contribution in [0.3, 0.4) is 0 Å². The average molecular weight is 796 g/mol. The molecule has 2 aliphatic rings.